The van der Waals surface area contributed by atoms with Gasteiger partial charge in [-0.1, -0.05) is 12.1 Å². The first-order valence-electron chi connectivity index (χ1n) is 11.5. The van der Waals surface area contributed by atoms with Gasteiger partial charge in [0.25, 0.3) is 11.8 Å². The molecule has 3 N–H and O–H groups in total. The van der Waals surface area contributed by atoms with Crippen molar-refractivity contribution in [1.82, 2.24) is 15.2 Å². The standard InChI is InChI=1S/C23H27F3N4O5S/c1-13-28-15-11-30(12-18(15)36-13)22(34)20(32)19(31)21(33)27-10-14-6-8-29(9-7-14)16-4-2-3-5-17(16)35-23(24,25)26/h2-5,14,19-20,31-32H,6-12H2,1H3,(H,27,33)/t19-,20-/m1/s1. The summed E-state index contributed by atoms with van der Waals surface area (Å²) >= 11 is 1.46. The summed E-state index contributed by atoms with van der Waals surface area (Å²) in [6, 6.07) is 5.94. The number of alkyl halides is 3. The fourth-order valence-corrected chi connectivity index (χ4v) is 5.41. The number of amides is 2. The molecule has 13 heteroatoms. The van der Waals surface area contributed by atoms with Gasteiger partial charge in [0, 0.05) is 24.5 Å². The maximum absolute atomic E-state index is 12.7. The summed E-state index contributed by atoms with van der Waals surface area (Å²) in [7, 11) is 0. The van der Waals surface area contributed by atoms with Crippen molar-refractivity contribution in [2.45, 2.75) is 51.4 Å². The van der Waals surface area contributed by atoms with Crippen LogP contribution >= 0.6 is 11.3 Å². The lowest BCUT2D eigenvalue weighted by molar-refractivity contribution is -0.274. The molecule has 2 aromatic rings. The molecule has 0 unspecified atom stereocenters. The molecular formula is C23H27F3N4O5S. The smallest absolute Gasteiger partial charge is 0.404 e. The Morgan fingerprint density at radius 2 is 1.89 bits per heavy atom. The maximum atomic E-state index is 12.7. The Bertz CT molecular complexity index is 1080. The third-order valence-corrected chi connectivity index (χ3v) is 7.30. The summed E-state index contributed by atoms with van der Waals surface area (Å²) in [6.45, 7) is 3.48. The normalized spacial score (nSPS) is 18.1. The molecule has 1 aromatic carbocycles. The van der Waals surface area contributed by atoms with Crippen molar-refractivity contribution in [3.05, 3.63) is 39.8 Å². The number of fused-ring (bicyclic) bond motifs is 1. The number of carbonyl (C=O) groups excluding carboxylic acids is 2. The second-order valence-corrected chi connectivity index (χ2v) is 10.2. The SMILES string of the molecule is Cc1nc2c(s1)CN(C(=O)[C@H](O)[C@@H](O)C(=O)NCC1CCN(c3ccccc3OC(F)(F)F)CC1)C2. The Labute approximate surface area is 209 Å². The Balaban J connectivity index is 1.23. The molecule has 1 saturated heterocycles. The fraction of sp³-hybridized carbons (Fsp3) is 0.522. The van der Waals surface area contributed by atoms with Crippen molar-refractivity contribution in [2.75, 3.05) is 24.5 Å². The van der Waals surface area contributed by atoms with Crippen LogP contribution in [0.3, 0.4) is 0 Å². The van der Waals surface area contributed by atoms with E-state index in [1.807, 2.05) is 6.92 Å². The number of aromatic nitrogens is 1. The topological polar surface area (TPSA) is 115 Å². The van der Waals surface area contributed by atoms with Gasteiger partial charge in [-0.3, -0.25) is 9.59 Å². The minimum absolute atomic E-state index is 0.0184. The summed E-state index contributed by atoms with van der Waals surface area (Å²) in [5.74, 6) is -1.85. The van der Waals surface area contributed by atoms with Crippen LogP contribution in [0.4, 0.5) is 18.9 Å². The number of ether oxygens (including phenoxy) is 1. The largest absolute Gasteiger partial charge is 0.573 e. The summed E-state index contributed by atoms with van der Waals surface area (Å²) in [5.41, 5.74) is 1.10. The second kappa shape index (κ2) is 10.6. The van der Waals surface area contributed by atoms with Crippen LogP contribution in [0.2, 0.25) is 0 Å². The van der Waals surface area contributed by atoms with Gasteiger partial charge in [-0.05, 0) is 37.8 Å². The number of nitrogens with one attached hydrogen (secondary N) is 1. The predicted molar refractivity (Wildman–Crippen MR) is 124 cm³/mol. The highest BCUT2D eigenvalue weighted by Gasteiger charge is 2.37. The molecule has 1 fully saturated rings. The van der Waals surface area contributed by atoms with Crippen LogP contribution in [0.25, 0.3) is 0 Å². The molecule has 0 bridgehead atoms. The lowest BCUT2D eigenvalue weighted by Gasteiger charge is -2.34. The van der Waals surface area contributed by atoms with E-state index in [1.165, 1.54) is 28.4 Å². The number of carbonyl (C=O) groups is 2. The number of aliphatic hydroxyl groups excluding tert-OH is 2. The zero-order valence-electron chi connectivity index (χ0n) is 19.5. The molecular weight excluding hydrogens is 501 g/mol. The molecule has 0 spiro atoms. The zero-order valence-corrected chi connectivity index (χ0v) is 20.3. The van der Waals surface area contributed by atoms with Crippen molar-refractivity contribution < 1.29 is 37.7 Å². The number of para-hydroxylation sites is 2. The first kappa shape index (κ1) is 26.2. The number of aryl methyl sites for hydroxylation is 1. The van der Waals surface area contributed by atoms with Gasteiger partial charge in [-0.15, -0.1) is 24.5 Å². The molecule has 9 nitrogen and oxygen atoms in total. The van der Waals surface area contributed by atoms with Crippen molar-refractivity contribution in [3.63, 3.8) is 0 Å². The minimum atomic E-state index is -4.79. The van der Waals surface area contributed by atoms with Crippen molar-refractivity contribution in [1.29, 1.82) is 0 Å². The second-order valence-electron chi connectivity index (χ2n) is 8.88. The van der Waals surface area contributed by atoms with Gasteiger partial charge in [-0.25, -0.2) is 4.98 Å². The molecule has 1 aromatic heterocycles. The summed E-state index contributed by atoms with van der Waals surface area (Å²) in [6.07, 6.45) is -7.44. The number of hydrogen-bond acceptors (Lipinski definition) is 8. The minimum Gasteiger partial charge on any atom is -0.404 e. The van der Waals surface area contributed by atoms with E-state index in [4.69, 9.17) is 0 Å². The number of nitrogens with zero attached hydrogens (tertiary/aromatic N) is 3. The van der Waals surface area contributed by atoms with Crippen LogP contribution in [0.15, 0.2) is 24.3 Å². The maximum Gasteiger partial charge on any atom is 0.573 e. The van der Waals surface area contributed by atoms with Crippen LogP contribution in [0.5, 0.6) is 5.75 Å². The third-order valence-electron chi connectivity index (χ3n) is 6.30. The van der Waals surface area contributed by atoms with Crippen LogP contribution in [-0.4, -0.2) is 70.1 Å². The number of halogens is 3. The molecule has 2 amide bonds. The van der Waals surface area contributed by atoms with E-state index in [2.05, 4.69) is 15.0 Å². The zero-order chi connectivity index (χ0) is 26.0. The van der Waals surface area contributed by atoms with E-state index in [1.54, 1.807) is 17.0 Å². The molecule has 2 aliphatic heterocycles. The van der Waals surface area contributed by atoms with E-state index in [0.717, 1.165) is 15.6 Å². The monoisotopic (exact) mass is 528 g/mol. The third kappa shape index (κ3) is 6.08. The summed E-state index contributed by atoms with van der Waals surface area (Å²) in [5, 5.41) is 24.0. The number of rotatable bonds is 7. The lowest BCUT2D eigenvalue weighted by Crippen LogP contribution is -2.50. The van der Waals surface area contributed by atoms with Crippen LogP contribution in [0, 0.1) is 12.8 Å². The number of piperidine rings is 1. The van der Waals surface area contributed by atoms with Gasteiger partial charge in [0.15, 0.2) is 18.0 Å². The summed E-state index contributed by atoms with van der Waals surface area (Å²) < 4.78 is 42.2. The van der Waals surface area contributed by atoms with E-state index in [-0.39, 0.29) is 31.3 Å². The predicted octanol–water partition coefficient (Wildman–Crippen LogP) is 1.95. The number of benzene rings is 1. The summed E-state index contributed by atoms with van der Waals surface area (Å²) in [4.78, 5) is 33.3. The number of aliphatic hydroxyl groups is 2. The van der Waals surface area contributed by atoms with Gasteiger partial charge in [0.05, 0.1) is 29.5 Å². The van der Waals surface area contributed by atoms with Gasteiger partial charge in [-0.2, -0.15) is 0 Å². The lowest BCUT2D eigenvalue weighted by atomic mass is 9.96. The Morgan fingerprint density at radius 3 is 2.56 bits per heavy atom. The van der Waals surface area contributed by atoms with Crippen molar-refractivity contribution in [2.24, 2.45) is 5.92 Å². The molecule has 2 atom stereocenters. The number of thiazole rings is 1. The highest BCUT2D eigenvalue weighted by Crippen LogP contribution is 2.35. The van der Waals surface area contributed by atoms with Gasteiger partial charge in [0.2, 0.25) is 0 Å². The molecule has 4 rings (SSSR count). The van der Waals surface area contributed by atoms with Gasteiger partial charge in [0.1, 0.15) is 0 Å². The van der Waals surface area contributed by atoms with E-state index >= 15 is 0 Å². The molecule has 0 radical (unpaired) electrons. The molecule has 196 valence electrons. The number of anilines is 1. The molecule has 3 heterocycles. The Kier molecular flexibility index (Phi) is 7.71. The first-order chi connectivity index (χ1) is 17.0. The fourth-order valence-electron chi connectivity index (χ4n) is 4.45. The van der Waals surface area contributed by atoms with E-state index in [0.29, 0.717) is 31.6 Å². The quantitative estimate of drug-likeness (QED) is 0.503. The van der Waals surface area contributed by atoms with Gasteiger partial charge >= 0.3 is 6.36 Å². The average Bonchev–Trinajstić information content (AvgIpc) is 3.38. The highest BCUT2D eigenvalue weighted by molar-refractivity contribution is 7.11. The number of hydrogen-bond donors (Lipinski definition) is 3. The van der Waals surface area contributed by atoms with Crippen molar-refractivity contribution in [3.8, 4) is 5.75 Å². The van der Waals surface area contributed by atoms with E-state index in [9.17, 15) is 33.0 Å². The van der Waals surface area contributed by atoms with Crippen LogP contribution in [0.1, 0.15) is 28.4 Å². The van der Waals surface area contributed by atoms with Gasteiger partial charge < -0.3 is 30.1 Å². The Hall–Kier alpha value is -2.90. The molecule has 36 heavy (non-hydrogen) atoms. The first-order valence-corrected chi connectivity index (χ1v) is 12.3. The highest BCUT2D eigenvalue weighted by atomic mass is 32.1. The average molecular weight is 529 g/mol. The molecule has 2 aliphatic rings. The van der Waals surface area contributed by atoms with Crippen molar-refractivity contribution >= 4 is 28.8 Å². The molecule has 0 aliphatic carbocycles. The van der Waals surface area contributed by atoms with E-state index < -0.39 is 30.4 Å². The van der Waals surface area contributed by atoms with Crippen LogP contribution in [-0.2, 0) is 22.7 Å². The Morgan fingerprint density at radius 1 is 1.19 bits per heavy atom. The van der Waals surface area contributed by atoms with Crippen LogP contribution < -0.4 is 15.0 Å². The molecule has 0 saturated carbocycles.